The molecule has 0 radical (unpaired) electrons. The number of halogens is 1. The molecule has 0 unspecified atom stereocenters. The van der Waals surface area contributed by atoms with Crippen molar-refractivity contribution in [1.29, 1.82) is 0 Å². The van der Waals surface area contributed by atoms with E-state index in [4.69, 9.17) is 9.47 Å². The highest BCUT2D eigenvalue weighted by atomic mass is 19.1. The number of benzene rings is 2. The van der Waals surface area contributed by atoms with Gasteiger partial charge in [-0.25, -0.2) is 4.39 Å². The zero-order valence-corrected chi connectivity index (χ0v) is 17.1. The molecule has 8 nitrogen and oxygen atoms in total. The predicted octanol–water partition coefficient (Wildman–Crippen LogP) is 4.32. The van der Waals surface area contributed by atoms with Crippen LogP contribution in [0, 0.1) is 22.9 Å². The number of nitrogens with zero attached hydrogens (tertiary/aromatic N) is 2. The molecule has 4 rings (SSSR count). The number of hydrogen-bond donors (Lipinski definition) is 0. The Morgan fingerprint density at radius 1 is 1.06 bits per heavy atom. The summed E-state index contributed by atoms with van der Waals surface area (Å²) in [6, 6.07) is 11.1. The van der Waals surface area contributed by atoms with Gasteiger partial charge in [0.2, 0.25) is 11.6 Å². The van der Waals surface area contributed by atoms with E-state index in [0.717, 1.165) is 6.08 Å². The second-order valence-electron chi connectivity index (χ2n) is 7.05. The first-order chi connectivity index (χ1) is 15.3. The molecule has 0 saturated heterocycles. The molecule has 162 valence electrons. The van der Waals surface area contributed by atoms with Gasteiger partial charge in [0.15, 0.2) is 5.76 Å². The number of rotatable bonds is 6. The number of fused-ring (bicyclic) bond motifs is 1. The van der Waals surface area contributed by atoms with Crippen LogP contribution in [0.15, 0.2) is 60.4 Å². The summed E-state index contributed by atoms with van der Waals surface area (Å²) in [7, 11) is 1.30. The highest BCUT2D eigenvalue weighted by Crippen LogP contribution is 2.33. The van der Waals surface area contributed by atoms with Crippen LogP contribution in [-0.4, -0.2) is 28.2 Å². The van der Waals surface area contributed by atoms with Gasteiger partial charge >= 0.3 is 0 Å². The molecule has 32 heavy (non-hydrogen) atoms. The van der Waals surface area contributed by atoms with E-state index >= 15 is 0 Å². The van der Waals surface area contributed by atoms with Crippen molar-refractivity contribution < 1.29 is 28.4 Å². The molecule has 1 aliphatic carbocycles. The van der Waals surface area contributed by atoms with E-state index in [2.05, 4.69) is 0 Å². The van der Waals surface area contributed by atoms with E-state index in [9.17, 15) is 24.1 Å². The summed E-state index contributed by atoms with van der Waals surface area (Å²) in [5, 5.41) is 10.8. The standard InChI is InChI=1S/C23H17FN2O6/c1-13-18(12-32-17-9-7-16(8-10-17)26(29)30)21-22(19(27)11-20(31-2)23(21)28)25(13)15-5-3-14(24)4-6-15/h3-11H,12H2,1-2H3. The van der Waals surface area contributed by atoms with E-state index in [1.807, 2.05) is 0 Å². The largest absolute Gasteiger partial charge is 0.492 e. The van der Waals surface area contributed by atoms with Crippen LogP contribution in [0.3, 0.4) is 0 Å². The average molecular weight is 436 g/mol. The van der Waals surface area contributed by atoms with Crippen molar-refractivity contribution in [3.63, 3.8) is 0 Å². The van der Waals surface area contributed by atoms with Gasteiger partial charge in [0.1, 0.15) is 23.9 Å². The van der Waals surface area contributed by atoms with Crippen LogP contribution < -0.4 is 4.74 Å². The van der Waals surface area contributed by atoms with Gasteiger partial charge in [-0.3, -0.25) is 19.7 Å². The van der Waals surface area contributed by atoms with Crippen LogP contribution in [-0.2, 0) is 11.3 Å². The van der Waals surface area contributed by atoms with Gasteiger partial charge in [-0.2, -0.15) is 0 Å². The summed E-state index contributed by atoms with van der Waals surface area (Å²) in [6.45, 7) is 1.65. The molecular formula is C23H17FN2O6. The fourth-order valence-electron chi connectivity index (χ4n) is 3.65. The third-order valence-corrected chi connectivity index (χ3v) is 5.22. The highest BCUT2D eigenvalue weighted by Gasteiger charge is 2.35. The van der Waals surface area contributed by atoms with Gasteiger partial charge in [0.05, 0.1) is 17.6 Å². The van der Waals surface area contributed by atoms with Gasteiger partial charge in [-0.1, -0.05) is 0 Å². The molecule has 0 atom stereocenters. The fourth-order valence-corrected chi connectivity index (χ4v) is 3.65. The van der Waals surface area contributed by atoms with Gasteiger partial charge in [0, 0.05) is 35.2 Å². The van der Waals surface area contributed by atoms with Crippen molar-refractivity contribution >= 4 is 17.3 Å². The lowest BCUT2D eigenvalue weighted by molar-refractivity contribution is -0.384. The van der Waals surface area contributed by atoms with E-state index in [-0.39, 0.29) is 29.3 Å². The van der Waals surface area contributed by atoms with Crippen molar-refractivity contribution in [3.05, 3.63) is 98.8 Å². The number of carbonyl (C=O) groups is 2. The second-order valence-corrected chi connectivity index (χ2v) is 7.05. The molecule has 0 amide bonds. The Bertz CT molecular complexity index is 1270. The molecule has 0 N–H and O–H groups in total. The number of carbonyl (C=O) groups excluding carboxylic acids is 2. The Labute approximate surface area is 181 Å². The first-order valence-corrected chi connectivity index (χ1v) is 9.54. The molecule has 2 aromatic carbocycles. The van der Waals surface area contributed by atoms with Crippen LogP contribution >= 0.6 is 0 Å². The van der Waals surface area contributed by atoms with Crippen LogP contribution in [0.1, 0.15) is 32.1 Å². The maximum atomic E-state index is 13.5. The van der Waals surface area contributed by atoms with Crippen molar-refractivity contribution in [2.24, 2.45) is 0 Å². The molecule has 3 aromatic rings. The molecule has 1 aromatic heterocycles. The monoisotopic (exact) mass is 436 g/mol. The van der Waals surface area contributed by atoms with Crippen LogP contribution in [0.5, 0.6) is 5.75 Å². The van der Waals surface area contributed by atoms with Crippen molar-refractivity contribution in [2.75, 3.05) is 7.11 Å². The van der Waals surface area contributed by atoms with Crippen molar-refractivity contribution in [1.82, 2.24) is 4.57 Å². The maximum Gasteiger partial charge on any atom is 0.269 e. The lowest BCUT2D eigenvalue weighted by Gasteiger charge is -2.15. The SMILES string of the molecule is COC1=CC(=O)c2c(c(COc3ccc([N+](=O)[O-])cc3)c(C)n2-c2ccc(F)cc2)C1=O. The number of methoxy groups -OCH3 is 1. The lowest BCUT2D eigenvalue weighted by Crippen LogP contribution is -2.20. The number of nitro benzene ring substituents is 1. The quantitative estimate of drug-likeness (QED) is 0.421. The van der Waals surface area contributed by atoms with Crippen molar-refractivity contribution in [2.45, 2.75) is 13.5 Å². The Morgan fingerprint density at radius 2 is 1.72 bits per heavy atom. The number of Topliss-reactive ketones (excluding diaryl/α,β-unsaturated/α-hetero) is 1. The molecule has 0 spiro atoms. The van der Waals surface area contributed by atoms with Crippen molar-refractivity contribution in [3.8, 4) is 11.4 Å². The van der Waals surface area contributed by atoms with E-state index < -0.39 is 22.3 Å². The maximum absolute atomic E-state index is 13.5. The third kappa shape index (κ3) is 3.53. The number of ether oxygens (including phenoxy) is 2. The first kappa shape index (κ1) is 21.0. The summed E-state index contributed by atoms with van der Waals surface area (Å²) < 4.78 is 25.9. The number of nitro groups is 1. The molecular weight excluding hydrogens is 419 g/mol. The summed E-state index contributed by atoms with van der Waals surface area (Å²) in [6.07, 6.45) is 1.13. The molecule has 0 aliphatic heterocycles. The zero-order valence-electron chi connectivity index (χ0n) is 17.1. The Morgan fingerprint density at radius 3 is 2.31 bits per heavy atom. The molecule has 0 saturated carbocycles. The molecule has 1 aliphatic rings. The summed E-state index contributed by atoms with van der Waals surface area (Å²) in [5.41, 5.74) is 1.75. The summed E-state index contributed by atoms with van der Waals surface area (Å²) in [5.74, 6) is -1.05. The van der Waals surface area contributed by atoms with E-state index in [1.54, 1.807) is 11.5 Å². The Kier molecular flexibility index (Phi) is 5.31. The van der Waals surface area contributed by atoms with Gasteiger partial charge < -0.3 is 14.0 Å². The number of non-ortho nitro benzene ring substituents is 1. The third-order valence-electron chi connectivity index (χ3n) is 5.22. The summed E-state index contributed by atoms with van der Waals surface area (Å²) >= 11 is 0. The van der Waals surface area contributed by atoms with E-state index in [0.29, 0.717) is 22.7 Å². The van der Waals surface area contributed by atoms with Crippen LogP contribution in [0.2, 0.25) is 0 Å². The molecule has 1 heterocycles. The van der Waals surface area contributed by atoms with Gasteiger partial charge in [-0.15, -0.1) is 0 Å². The lowest BCUT2D eigenvalue weighted by atomic mass is 9.96. The zero-order chi connectivity index (χ0) is 23.0. The molecule has 0 bridgehead atoms. The first-order valence-electron chi connectivity index (χ1n) is 9.54. The Balaban J connectivity index is 1.79. The number of allylic oxidation sites excluding steroid dienone is 2. The second kappa shape index (κ2) is 8.10. The Hall–Kier alpha value is -4.27. The number of aromatic nitrogens is 1. The number of hydrogen-bond acceptors (Lipinski definition) is 6. The smallest absolute Gasteiger partial charge is 0.269 e. The minimum absolute atomic E-state index is 0.0732. The minimum Gasteiger partial charge on any atom is -0.492 e. The average Bonchev–Trinajstić information content (AvgIpc) is 3.08. The fraction of sp³-hybridized carbons (Fsp3) is 0.130. The topological polar surface area (TPSA) is 101 Å². The molecule has 0 fully saturated rings. The van der Waals surface area contributed by atoms with Crippen LogP contribution in [0.4, 0.5) is 10.1 Å². The normalized spacial score (nSPS) is 12.9. The highest BCUT2D eigenvalue weighted by molar-refractivity contribution is 6.24. The van der Waals surface area contributed by atoms with Gasteiger partial charge in [0.25, 0.3) is 5.69 Å². The molecule has 9 heteroatoms. The number of ketones is 2. The summed E-state index contributed by atoms with van der Waals surface area (Å²) in [4.78, 5) is 36.3. The minimum atomic E-state index is -0.518. The van der Waals surface area contributed by atoms with E-state index in [1.165, 1.54) is 55.6 Å². The predicted molar refractivity (Wildman–Crippen MR) is 112 cm³/mol. The van der Waals surface area contributed by atoms with Crippen LogP contribution in [0.25, 0.3) is 5.69 Å². The van der Waals surface area contributed by atoms with Gasteiger partial charge in [-0.05, 0) is 43.3 Å².